The molecule has 9 heteroatoms. The fraction of sp³-hybridized carbons (Fsp3) is 0.533. The Bertz CT molecular complexity index is 666. The Balaban J connectivity index is 1.98. The van der Waals surface area contributed by atoms with Gasteiger partial charge in [0.25, 0.3) is 0 Å². The number of sulfonamides is 1. The summed E-state index contributed by atoms with van der Waals surface area (Å²) in [5.74, 6) is -0.765. The van der Waals surface area contributed by atoms with Crippen molar-refractivity contribution in [2.24, 2.45) is 0 Å². The molecule has 24 heavy (non-hydrogen) atoms. The normalized spacial score (nSPS) is 16.8. The van der Waals surface area contributed by atoms with Gasteiger partial charge in [0, 0.05) is 13.1 Å². The van der Waals surface area contributed by atoms with Crippen molar-refractivity contribution in [3.05, 3.63) is 29.8 Å². The maximum absolute atomic E-state index is 12.5. The van der Waals surface area contributed by atoms with E-state index in [1.807, 2.05) is 0 Å². The van der Waals surface area contributed by atoms with Gasteiger partial charge in [0.15, 0.2) is 0 Å². The van der Waals surface area contributed by atoms with Crippen molar-refractivity contribution >= 4 is 15.9 Å². The summed E-state index contributed by atoms with van der Waals surface area (Å²) < 4.78 is 62.4. The molecule has 134 valence electrons. The van der Waals surface area contributed by atoms with Gasteiger partial charge in [-0.25, -0.2) is 8.42 Å². The highest BCUT2D eigenvalue weighted by Crippen LogP contribution is 2.21. The lowest BCUT2D eigenvalue weighted by atomic mass is 10.1. The highest BCUT2D eigenvalue weighted by Gasteiger charge is 2.28. The van der Waals surface area contributed by atoms with Crippen LogP contribution in [0.4, 0.5) is 13.2 Å². The fourth-order valence-corrected chi connectivity index (χ4v) is 4.00. The number of carbonyl (C=O) groups excluding carboxylic acids is 1. The summed E-state index contributed by atoms with van der Waals surface area (Å²) >= 11 is 0. The van der Waals surface area contributed by atoms with E-state index in [1.165, 1.54) is 28.6 Å². The Morgan fingerprint density at radius 2 is 1.67 bits per heavy atom. The van der Waals surface area contributed by atoms with E-state index < -0.39 is 28.7 Å². The van der Waals surface area contributed by atoms with Gasteiger partial charge < -0.3 is 5.32 Å². The summed E-state index contributed by atoms with van der Waals surface area (Å²) in [6, 6.07) is 5.67. The summed E-state index contributed by atoms with van der Waals surface area (Å²) in [5.41, 5.74) is 0.451. The zero-order chi connectivity index (χ0) is 17.8. The molecule has 1 aliphatic rings. The van der Waals surface area contributed by atoms with Crippen LogP contribution in [0.5, 0.6) is 0 Å². The molecule has 1 N–H and O–H groups in total. The van der Waals surface area contributed by atoms with Crippen LogP contribution in [0.2, 0.25) is 0 Å². The van der Waals surface area contributed by atoms with E-state index in [-0.39, 0.29) is 11.3 Å². The van der Waals surface area contributed by atoms with Crippen LogP contribution in [0.25, 0.3) is 0 Å². The Morgan fingerprint density at radius 1 is 1.08 bits per heavy atom. The minimum absolute atomic E-state index is 0.129. The molecular formula is C15H19F3N2O3S. The van der Waals surface area contributed by atoms with Crippen molar-refractivity contribution in [1.82, 2.24) is 9.62 Å². The molecule has 1 fully saturated rings. The smallest absolute Gasteiger partial charge is 0.347 e. The summed E-state index contributed by atoms with van der Waals surface area (Å²) in [5, 5.41) is 1.78. The van der Waals surface area contributed by atoms with Gasteiger partial charge in [-0.1, -0.05) is 18.6 Å². The SMILES string of the molecule is O=C(Cc1ccc(S(=O)(=O)N2CCCCC2)cc1)NCC(F)(F)F. The highest BCUT2D eigenvalue weighted by molar-refractivity contribution is 7.89. The van der Waals surface area contributed by atoms with Gasteiger partial charge in [-0.2, -0.15) is 17.5 Å². The maximum Gasteiger partial charge on any atom is 0.405 e. The lowest BCUT2D eigenvalue weighted by molar-refractivity contribution is -0.138. The van der Waals surface area contributed by atoms with E-state index >= 15 is 0 Å². The molecule has 1 aromatic rings. The Labute approximate surface area is 138 Å². The Morgan fingerprint density at radius 3 is 2.21 bits per heavy atom. The van der Waals surface area contributed by atoms with Crippen molar-refractivity contribution in [2.75, 3.05) is 19.6 Å². The van der Waals surface area contributed by atoms with Gasteiger partial charge in [-0.05, 0) is 30.5 Å². The minimum atomic E-state index is -4.46. The molecule has 0 spiro atoms. The molecule has 1 heterocycles. The van der Waals surface area contributed by atoms with E-state index in [2.05, 4.69) is 0 Å². The van der Waals surface area contributed by atoms with Crippen molar-refractivity contribution in [3.63, 3.8) is 0 Å². The van der Waals surface area contributed by atoms with E-state index in [1.54, 1.807) is 5.32 Å². The largest absolute Gasteiger partial charge is 0.405 e. The first-order valence-corrected chi connectivity index (χ1v) is 9.05. The van der Waals surface area contributed by atoms with Gasteiger partial charge in [-0.3, -0.25) is 4.79 Å². The van der Waals surface area contributed by atoms with Crippen LogP contribution in [0.3, 0.4) is 0 Å². The molecule has 0 aromatic heterocycles. The number of amides is 1. The maximum atomic E-state index is 12.5. The van der Waals surface area contributed by atoms with Crippen LogP contribution in [-0.2, 0) is 21.2 Å². The minimum Gasteiger partial charge on any atom is -0.347 e. The van der Waals surface area contributed by atoms with E-state index in [4.69, 9.17) is 0 Å². The quantitative estimate of drug-likeness (QED) is 0.870. The number of benzene rings is 1. The van der Waals surface area contributed by atoms with Crippen LogP contribution in [0.15, 0.2) is 29.2 Å². The molecule has 1 aliphatic heterocycles. The first-order chi connectivity index (χ1) is 11.2. The number of hydrogen-bond acceptors (Lipinski definition) is 3. The van der Waals surface area contributed by atoms with Crippen LogP contribution in [-0.4, -0.2) is 44.4 Å². The van der Waals surface area contributed by atoms with E-state index in [9.17, 15) is 26.4 Å². The van der Waals surface area contributed by atoms with E-state index in [0.29, 0.717) is 18.7 Å². The first-order valence-electron chi connectivity index (χ1n) is 7.61. The average molecular weight is 364 g/mol. The molecule has 0 radical (unpaired) electrons. The molecule has 1 saturated heterocycles. The number of alkyl halides is 3. The summed E-state index contributed by atoms with van der Waals surface area (Å²) in [6.07, 6.45) is -2.02. The van der Waals surface area contributed by atoms with Gasteiger partial charge in [-0.15, -0.1) is 0 Å². The number of hydrogen-bond donors (Lipinski definition) is 1. The lowest BCUT2D eigenvalue weighted by Gasteiger charge is -2.25. The molecule has 1 aromatic carbocycles. The molecule has 1 amide bonds. The predicted molar refractivity (Wildman–Crippen MR) is 81.8 cm³/mol. The van der Waals surface area contributed by atoms with Gasteiger partial charge >= 0.3 is 6.18 Å². The number of rotatable bonds is 5. The van der Waals surface area contributed by atoms with Crippen LogP contribution in [0, 0.1) is 0 Å². The molecule has 0 bridgehead atoms. The van der Waals surface area contributed by atoms with E-state index in [0.717, 1.165) is 19.3 Å². The van der Waals surface area contributed by atoms with Crippen molar-refractivity contribution < 1.29 is 26.4 Å². The third kappa shape index (κ3) is 5.20. The van der Waals surface area contributed by atoms with Crippen LogP contribution >= 0.6 is 0 Å². The molecule has 2 rings (SSSR count). The molecule has 0 aliphatic carbocycles. The summed E-state index contributed by atoms with van der Waals surface area (Å²) in [6.45, 7) is -0.402. The monoisotopic (exact) mass is 364 g/mol. The number of nitrogens with one attached hydrogen (secondary N) is 1. The lowest BCUT2D eigenvalue weighted by Crippen LogP contribution is -2.35. The average Bonchev–Trinajstić information content (AvgIpc) is 2.54. The predicted octanol–water partition coefficient (Wildman–Crippen LogP) is 2.08. The van der Waals surface area contributed by atoms with Crippen LogP contribution < -0.4 is 5.32 Å². The first kappa shape index (κ1) is 18.7. The molecule has 0 saturated carbocycles. The second kappa shape index (κ2) is 7.52. The Hall–Kier alpha value is -1.61. The Kier molecular flexibility index (Phi) is 5.87. The second-order valence-corrected chi connectivity index (χ2v) is 7.62. The van der Waals surface area contributed by atoms with Crippen molar-refractivity contribution in [2.45, 2.75) is 36.8 Å². The number of piperidine rings is 1. The van der Waals surface area contributed by atoms with Crippen molar-refractivity contribution in [1.29, 1.82) is 0 Å². The zero-order valence-electron chi connectivity index (χ0n) is 13.0. The fourth-order valence-electron chi connectivity index (χ4n) is 2.48. The number of nitrogens with zero attached hydrogens (tertiary/aromatic N) is 1. The molecule has 0 atom stereocenters. The second-order valence-electron chi connectivity index (χ2n) is 5.68. The van der Waals surface area contributed by atoms with Gasteiger partial charge in [0.05, 0.1) is 11.3 Å². The zero-order valence-corrected chi connectivity index (χ0v) is 13.8. The number of halogens is 3. The topological polar surface area (TPSA) is 66.5 Å². The summed E-state index contributed by atoms with van der Waals surface area (Å²) in [7, 11) is -3.55. The number of carbonyl (C=O) groups is 1. The standard InChI is InChI=1S/C15H19F3N2O3S/c16-15(17,18)11-19-14(21)10-12-4-6-13(7-5-12)24(22,23)20-8-2-1-3-9-20/h4-7H,1-3,8-11H2,(H,19,21). The van der Waals surface area contributed by atoms with Gasteiger partial charge in [0.2, 0.25) is 15.9 Å². The third-order valence-corrected chi connectivity index (χ3v) is 5.64. The van der Waals surface area contributed by atoms with Crippen LogP contribution in [0.1, 0.15) is 24.8 Å². The summed E-state index contributed by atoms with van der Waals surface area (Å²) in [4.78, 5) is 11.6. The van der Waals surface area contributed by atoms with Crippen molar-refractivity contribution in [3.8, 4) is 0 Å². The highest BCUT2D eigenvalue weighted by atomic mass is 32.2. The molecule has 5 nitrogen and oxygen atoms in total. The third-order valence-electron chi connectivity index (χ3n) is 3.73. The molecule has 0 unspecified atom stereocenters. The van der Waals surface area contributed by atoms with Gasteiger partial charge in [0.1, 0.15) is 6.54 Å². The molecular weight excluding hydrogens is 345 g/mol.